The van der Waals surface area contributed by atoms with Crippen molar-refractivity contribution in [3.63, 3.8) is 0 Å². The smallest absolute Gasteiger partial charge is 0.238 e. The van der Waals surface area contributed by atoms with Gasteiger partial charge in [-0.05, 0) is 44.5 Å². The van der Waals surface area contributed by atoms with E-state index in [2.05, 4.69) is 25.4 Å². The van der Waals surface area contributed by atoms with Crippen LogP contribution in [0.25, 0.3) is 0 Å². The average molecular weight is 364 g/mol. The van der Waals surface area contributed by atoms with Gasteiger partial charge in [-0.3, -0.25) is 14.8 Å². The van der Waals surface area contributed by atoms with Crippen LogP contribution in [0.2, 0.25) is 5.02 Å². The predicted molar refractivity (Wildman–Crippen MR) is 96.2 cm³/mol. The number of benzene rings is 1. The van der Waals surface area contributed by atoms with Crippen molar-refractivity contribution in [3.8, 4) is 5.75 Å². The van der Waals surface area contributed by atoms with Gasteiger partial charge in [0.15, 0.2) is 5.82 Å². The number of hydrogen-bond donors (Lipinski definition) is 2. The van der Waals surface area contributed by atoms with Gasteiger partial charge >= 0.3 is 0 Å². The number of aromatic amines is 1. The van der Waals surface area contributed by atoms with Crippen LogP contribution in [-0.2, 0) is 4.79 Å². The number of aryl methyl sites for hydroxylation is 1. The maximum atomic E-state index is 12.3. The first-order valence-corrected chi connectivity index (χ1v) is 8.67. The van der Waals surface area contributed by atoms with E-state index in [1.165, 1.54) is 0 Å². The fourth-order valence-corrected chi connectivity index (χ4v) is 3.36. The number of H-pyrrole nitrogens is 1. The molecule has 8 heteroatoms. The second-order valence-electron chi connectivity index (χ2n) is 6.25. The summed E-state index contributed by atoms with van der Waals surface area (Å²) in [5.74, 6) is 2.45. The second kappa shape index (κ2) is 7.84. The Morgan fingerprint density at radius 1 is 1.52 bits per heavy atom. The Morgan fingerprint density at radius 3 is 3.04 bits per heavy atom. The van der Waals surface area contributed by atoms with E-state index in [9.17, 15) is 4.79 Å². The Kier molecular flexibility index (Phi) is 5.55. The number of piperidine rings is 1. The van der Waals surface area contributed by atoms with Crippen LogP contribution in [-0.4, -0.2) is 52.7 Å². The number of rotatable bonds is 5. The Hall–Kier alpha value is -2.12. The van der Waals surface area contributed by atoms with E-state index in [0.717, 1.165) is 37.6 Å². The van der Waals surface area contributed by atoms with Crippen molar-refractivity contribution in [2.45, 2.75) is 25.7 Å². The number of nitrogens with zero attached hydrogens (tertiary/aromatic N) is 3. The topological polar surface area (TPSA) is 83.1 Å². The maximum Gasteiger partial charge on any atom is 0.238 e. The van der Waals surface area contributed by atoms with E-state index in [1.807, 2.05) is 6.92 Å². The lowest BCUT2D eigenvalue weighted by atomic mass is 9.97. The first kappa shape index (κ1) is 17.7. The van der Waals surface area contributed by atoms with Gasteiger partial charge in [0.05, 0.1) is 18.7 Å². The number of anilines is 1. The van der Waals surface area contributed by atoms with Gasteiger partial charge in [-0.15, -0.1) is 0 Å². The largest absolute Gasteiger partial charge is 0.495 e. The molecule has 1 aliphatic rings. The lowest BCUT2D eigenvalue weighted by Gasteiger charge is -2.30. The molecule has 0 spiro atoms. The molecule has 2 aromatic rings. The van der Waals surface area contributed by atoms with Gasteiger partial charge in [-0.1, -0.05) is 11.6 Å². The molecule has 1 amide bonds. The highest BCUT2D eigenvalue weighted by Crippen LogP contribution is 2.27. The summed E-state index contributed by atoms with van der Waals surface area (Å²) in [5, 5.41) is 10.5. The summed E-state index contributed by atoms with van der Waals surface area (Å²) in [7, 11) is 1.56. The third kappa shape index (κ3) is 4.49. The Morgan fingerprint density at radius 2 is 2.36 bits per heavy atom. The first-order valence-electron chi connectivity index (χ1n) is 8.30. The second-order valence-corrected chi connectivity index (χ2v) is 6.66. The summed E-state index contributed by atoms with van der Waals surface area (Å²) in [6.07, 6.45) is 2.07. The molecule has 0 radical (unpaired) electrons. The molecule has 3 rings (SSSR count). The minimum Gasteiger partial charge on any atom is -0.495 e. The minimum atomic E-state index is -0.0620. The van der Waals surface area contributed by atoms with Crippen molar-refractivity contribution >= 4 is 23.2 Å². The fourth-order valence-electron chi connectivity index (χ4n) is 3.10. The lowest BCUT2D eigenvalue weighted by Crippen LogP contribution is -2.40. The van der Waals surface area contributed by atoms with E-state index < -0.39 is 0 Å². The molecule has 1 aromatic carbocycles. The standard InChI is InChI=1S/C17H22ClN5O2/c1-11-19-17(22-21-11)12-4-3-7-23(9-12)10-16(24)20-13-5-6-15(25-2)14(18)8-13/h5-6,8,12H,3-4,7,9-10H2,1-2H3,(H,20,24)(H,19,21,22)/t12-/m0/s1. The molecule has 134 valence electrons. The summed E-state index contributed by atoms with van der Waals surface area (Å²) in [6, 6.07) is 5.20. The van der Waals surface area contributed by atoms with Crippen molar-refractivity contribution in [2.75, 3.05) is 32.1 Å². The van der Waals surface area contributed by atoms with Crippen molar-refractivity contribution in [1.82, 2.24) is 20.1 Å². The highest BCUT2D eigenvalue weighted by Gasteiger charge is 2.25. The molecule has 25 heavy (non-hydrogen) atoms. The average Bonchev–Trinajstić information content (AvgIpc) is 3.02. The molecular formula is C17H22ClN5O2. The molecule has 0 aliphatic carbocycles. The molecular weight excluding hydrogens is 342 g/mol. The van der Waals surface area contributed by atoms with Gasteiger partial charge in [0.2, 0.25) is 5.91 Å². The summed E-state index contributed by atoms with van der Waals surface area (Å²) in [6.45, 7) is 3.92. The maximum absolute atomic E-state index is 12.3. The Labute approximate surface area is 151 Å². The van der Waals surface area contributed by atoms with Crippen LogP contribution in [0.15, 0.2) is 18.2 Å². The van der Waals surface area contributed by atoms with Gasteiger partial charge in [0, 0.05) is 18.2 Å². The number of halogens is 1. The lowest BCUT2D eigenvalue weighted by molar-refractivity contribution is -0.117. The summed E-state index contributed by atoms with van der Waals surface area (Å²) < 4.78 is 5.11. The first-order chi connectivity index (χ1) is 12.0. The predicted octanol–water partition coefficient (Wildman–Crippen LogP) is 2.59. The molecule has 2 N–H and O–H groups in total. The summed E-state index contributed by atoms with van der Waals surface area (Å²) >= 11 is 6.09. The molecule has 1 aromatic heterocycles. The zero-order valence-corrected chi connectivity index (χ0v) is 15.1. The SMILES string of the molecule is COc1ccc(NC(=O)CN2CCC[C@H](c3n[nH]c(C)n3)C2)cc1Cl. The molecule has 7 nitrogen and oxygen atoms in total. The summed E-state index contributed by atoms with van der Waals surface area (Å²) in [4.78, 5) is 18.9. The Bertz CT molecular complexity index is 748. The molecule has 0 saturated carbocycles. The quantitative estimate of drug-likeness (QED) is 0.853. The molecule has 1 saturated heterocycles. The number of carbonyl (C=O) groups excluding carboxylic acids is 1. The van der Waals surface area contributed by atoms with Crippen LogP contribution in [0.4, 0.5) is 5.69 Å². The molecule has 1 atom stereocenters. The van der Waals surface area contributed by atoms with Gasteiger partial charge in [-0.2, -0.15) is 5.10 Å². The summed E-state index contributed by atoms with van der Waals surface area (Å²) in [5.41, 5.74) is 0.661. The highest BCUT2D eigenvalue weighted by atomic mass is 35.5. The van der Waals surface area contributed by atoms with E-state index in [-0.39, 0.29) is 11.8 Å². The van der Waals surface area contributed by atoms with Crippen LogP contribution in [0, 0.1) is 6.92 Å². The van der Waals surface area contributed by atoms with Crippen LogP contribution in [0.5, 0.6) is 5.75 Å². The number of carbonyl (C=O) groups is 1. The highest BCUT2D eigenvalue weighted by molar-refractivity contribution is 6.32. The zero-order valence-electron chi connectivity index (χ0n) is 14.4. The molecule has 1 fully saturated rings. The van der Waals surface area contributed by atoms with Crippen LogP contribution >= 0.6 is 11.6 Å². The number of methoxy groups -OCH3 is 1. The molecule has 0 bridgehead atoms. The number of likely N-dealkylation sites (tertiary alicyclic amines) is 1. The van der Waals surface area contributed by atoms with Crippen molar-refractivity contribution in [2.24, 2.45) is 0 Å². The number of ether oxygens (including phenoxy) is 1. The van der Waals surface area contributed by atoms with Crippen molar-refractivity contribution < 1.29 is 9.53 Å². The molecule has 0 unspecified atom stereocenters. The van der Waals surface area contributed by atoms with Gasteiger partial charge in [0.25, 0.3) is 0 Å². The number of hydrogen-bond acceptors (Lipinski definition) is 5. The van der Waals surface area contributed by atoms with E-state index >= 15 is 0 Å². The molecule has 2 heterocycles. The van der Waals surface area contributed by atoms with E-state index in [4.69, 9.17) is 16.3 Å². The fraction of sp³-hybridized carbons (Fsp3) is 0.471. The third-order valence-corrected chi connectivity index (χ3v) is 4.58. The normalized spacial score (nSPS) is 18.1. The van der Waals surface area contributed by atoms with Gasteiger partial charge < -0.3 is 10.1 Å². The van der Waals surface area contributed by atoms with Crippen molar-refractivity contribution in [3.05, 3.63) is 34.9 Å². The van der Waals surface area contributed by atoms with E-state index in [1.54, 1.807) is 25.3 Å². The van der Waals surface area contributed by atoms with Crippen molar-refractivity contribution in [1.29, 1.82) is 0 Å². The minimum absolute atomic E-state index is 0.0620. The molecule has 1 aliphatic heterocycles. The third-order valence-electron chi connectivity index (χ3n) is 4.29. The van der Waals surface area contributed by atoms with Crippen LogP contribution < -0.4 is 10.1 Å². The Balaban J connectivity index is 1.56. The number of amides is 1. The number of nitrogens with one attached hydrogen (secondary N) is 2. The monoisotopic (exact) mass is 363 g/mol. The number of aromatic nitrogens is 3. The van der Waals surface area contributed by atoms with Gasteiger partial charge in [0.1, 0.15) is 11.6 Å². The van der Waals surface area contributed by atoms with Crippen LogP contribution in [0.1, 0.15) is 30.4 Å². The zero-order chi connectivity index (χ0) is 17.8. The van der Waals surface area contributed by atoms with Crippen LogP contribution in [0.3, 0.4) is 0 Å². The van der Waals surface area contributed by atoms with Gasteiger partial charge in [-0.25, -0.2) is 4.98 Å². The van der Waals surface area contributed by atoms with E-state index in [0.29, 0.717) is 23.0 Å².